The van der Waals surface area contributed by atoms with Gasteiger partial charge in [-0.1, -0.05) is 57.9 Å². The molecule has 232 valence electrons. The summed E-state index contributed by atoms with van der Waals surface area (Å²) in [6.45, 7) is 7.20. The fraction of sp³-hybridized carbons (Fsp3) is 0.394. The molecule has 8 nitrogen and oxygen atoms in total. The highest BCUT2D eigenvalue weighted by Crippen LogP contribution is 2.41. The van der Waals surface area contributed by atoms with Crippen molar-refractivity contribution in [1.82, 2.24) is 14.5 Å². The monoisotopic (exact) mass is 622 g/mol. The molecule has 44 heavy (non-hydrogen) atoms. The van der Waals surface area contributed by atoms with E-state index in [-0.39, 0.29) is 23.6 Å². The maximum Gasteiger partial charge on any atom is 0.296 e. The number of nitrogens with zero attached hydrogens (tertiary/aromatic N) is 4. The van der Waals surface area contributed by atoms with Gasteiger partial charge in [0.15, 0.2) is 4.90 Å². The third-order valence-corrected chi connectivity index (χ3v) is 9.73. The summed E-state index contributed by atoms with van der Waals surface area (Å²) < 4.78 is 58.6. The molecule has 0 spiro atoms. The van der Waals surface area contributed by atoms with E-state index in [1.807, 2.05) is 19.9 Å². The number of sulfone groups is 1. The maximum atomic E-state index is 16.1. The van der Waals surface area contributed by atoms with Crippen LogP contribution in [-0.2, 0) is 16.3 Å². The highest BCUT2D eigenvalue weighted by molar-refractivity contribution is 7.91. The molecule has 4 rings (SSSR count). The molecule has 1 N–H and O–H groups in total. The zero-order chi connectivity index (χ0) is 32.2. The van der Waals surface area contributed by atoms with Gasteiger partial charge in [0.05, 0.1) is 17.0 Å². The van der Waals surface area contributed by atoms with Crippen molar-refractivity contribution >= 4 is 9.84 Å². The van der Waals surface area contributed by atoms with E-state index in [4.69, 9.17) is 0 Å². The average Bonchev–Trinajstić information content (AvgIpc) is 2.97. The molecule has 1 aliphatic rings. The first-order valence-corrected chi connectivity index (χ1v) is 16.2. The fourth-order valence-electron chi connectivity index (χ4n) is 5.71. The van der Waals surface area contributed by atoms with E-state index in [0.29, 0.717) is 41.7 Å². The Hall–Kier alpha value is -4.17. The summed E-state index contributed by atoms with van der Waals surface area (Å²) in [5, 5.41) is 21.2. The number of aryl methyl sites for hydroxylation is 2. The lowest BCUT2D eigenvalue weighted by atomic mass is 9.79. The van der Waals surface area contributed by atoms with Crippen molar-refractivity contribution in [3.05, 3.63) is 88.0 Å². The Labute approximate surface area is 256 Å². The minimum atomic E-state index is -4.57. The van der Waals surface area contributed by atoms with Crippen molar-refractivity contribution in [2.75, 3.05) is 0 Å². The maximum absolute atomic E-state index is 16.1. The number of allylic oxidation sites excluding steroid dienone is 4. The number of nitriles is 1. The molecule has 3 atom stereocenters. The van der Waals surface area contributed by atoms with Gasteiger partial charge in [-0.2, -0.15) is 14.6 Å². The van der Waals surface area contributed by atoms with Crippen LogP contribution in [0.1, 0.15) is 70.4 Å². The van der Waals surface area contributed by atoms with Crippen molar-refractivity contribution in [2.45, 2.75) is 87.7 Å². The van der Waals surface area contributed by atoms with E-state index in [1.165, 1.54) is 53.1 Å². The van der Waals surface area contributed by atoms with Gasteiger partial charge in [0, 0.05) is 17.7 Å². The van der Waals surface area contributed by atoms with Crippen molar-refractivity contribution < 1.29 is 22.3 Å². The molecule has 2 unspecified atom stereocenters. The van der Waals surface area contributed by atoms with Crippen molar-refractivity contribution in [1.29, 1.82) is 5.26 Å². The third kappa shape index (κ3) is 6.22. The van der Waals surface area contributed by atoms with Crippen LogP contribution in [0.3, 0.4) is 0 Å². The zero-order valence-corrected chi connectivity index (χ0v) is 26.0. The van der Waals surface area contributed by atoms with E-state index >= 15 is 4.39 Å². The molecule has 2 heterocycles. The van der Waals surface area contributed by atoms with Gasteiger partial charge in [0.25, 0.3) is 5.56 Å². The molecular weight excluding hydrogens is 586 g/mol. The van der Waals surface area contributed by atoms with Gasteiger partial charge in [-0.15, -0.1) is 0 Å². The Kier molecular flexibility index (Phi) is 9.84. The largest absolute Gasteiger partial charge is 0.493 e. The highest BCUT2D eigenvalue weighted by atomic mass is 32.2. The van der Waals surface area contributed by atoms with Gasteiger partial charge in [0.2, 0.25) is 21.7 Å². The predicted molar refractivity (Wildman–Crippen MR) is 163 cm³/mol. The smallest absolute Gasteiger partial charge is 0.296 e. The first kappa shape index (κ1) is 32.7. The quantitative estimate of drug-likeness (QED) is 0.235. The van der Waals surface area contributed by atoms with Crippen LogP contribution in [-0.4, -0.2) is 33.7 Å². The molecule has 0 fully saturated rings. The summed E-state index contributed by atoms with van der Waals surface area (Å²) >= 11 is 0. The average molecular weight is 623 g/mol. The predicted octanol–water partition coefficient (Wildman–Crippen LogP) is 6.73. The third-order valence-electron chi connectivity index (χ3n) is 7.94. The molecule has 0 amide bonds. The molecular formula is C33H36F2N4O4S. The van der Waals surface area contributed by atoms with Crippen LogP contribution in [0.2, 0.25) is 0 Å². The Bertz CT molecular complexity index is 1810. The van der Waals surface area contributed by atoms with Crippen LogP contribution in [0, 0.1) is 30.1 Å². The first-order valence-electron chi connectivity index (χ1n) is 14.7. The standard InChI is InChI=1S/C33H36F2N4O4S/c1-5-8-9-29-38-31(40)30(44(42,43)25-14-11-22(12-15-25)26-16-17-28(34)37-21(26)4)32(41)39(29)27(7-3)23-10-13-24(20-36)33(35,19-23)18-6-2/h10-17,19,24,27,41H,5-9,18H2,1-4H3/t24?,27-,33?/m0/s1. The highest BCUT2D eigenvalue weighted by Gasteiger charge is 2.39. The Balaban J connectivity index is 1.86. The van der Waals surface area contributed by atoms with Crippen molar-refractivity contribution in [2.24, 2.45) is 5.92 Å². The molecule has 11 heteroatoms. The van der Waals surface area contributed by atoms with E-state index in [2.05, 4.69) is 9.97 Å². The van der Waals surface area contributed by atoms with E-state index in [1.54, 1.807) is 19.9 Å². The number of benzene rings is 1. The summed E-state index contributed by atoms with van der Waals surface area (Å²) in [6, 6.07) is 9.62. The number of rotatable bonds is 11. The van der Waals surface area contributed by atoms with Gasteiger partial charge in [-0.05, 0) is 67.7 Å². The Morgan fingerprint density at radius 2 is 1.82 bits per heavy atom. The van der Waals surface area contributed by atoms with Gasteiger partial charge >= 0.3 is 0 Å². The second-order valence-electron chi connectivity index (χ2n) is 11.0. The zero-order valence-electron chi connectivity index (χ0n) is 25.2. The molecule has 3 aromatic rings. The SMILES string of the molecule is CCCCc1nc(=O)c(S(=O)(=O)c2ccc(-c3ccc(F)nc3C)cc2)c(O)n1[C@@H](CC)C1=CC(F)(CCC)C(C#N)C=C1. The van der Waals surface area contributed by atoms with Crippen LogP contribution in [0.15, 0.2) is 74.8 Å². The number of aromatic nitrogens is 3. The number of pyridine rings is 1. The topological polar surface area (TPSA) is 126 Å². The lowest BCUT2D eigenvalue weighted by molar-refractivity contribution is 0.175. The summed E-state index contributed by atoms with van der Waals surface area (Å²) in [5.74, 6) is -2.21. The van der Waals surface area contributed by atoms with Gasteiger partial charge in [0.1, 0.15) is 17.4 Å². The summed E-state index contributed by atoms with van der Waals surface area (Å²) in [6.07, 6.45) is 7.05. The second kappa shape index (κ2) is 13.2. The van der Waals surface area contributed by atoms with E-state index < -0.39 is 49.7 Å². The molecule has 1 aliphatic carbocycles. The van der Waals surface area contributed by atoms with Gasteiger partial charge in [-0.25, -0.2) is 17.8 Å². The number of halogens is 2. The second-order valence-corrected chi connectivity index (χ2v) is 12.9. The van der Waals surface area contributed by atoms with Crippen LogP contribution < -0.4 is 5.56 Å². The van der Waals surface area contributed by atoms with E-state index in [9.17, 15) is 28.0 Å². The van der Waals surface area contributed by atoms with Crippen LogP contribution in [0.5, 0.6) is 5.88 Å². The van der Waals surface area contributed by atoms with Crippen LogP contribution in [0.25, 0.3) is 11.1 Å². The number of unbranched alkanes of at least 4 members (excludes halogenated alkanes) is 1. The van der Waals surface area contributed by atoms with Gasteiger partial charge in [-0.3, -0.25) is 9.36 Å². The van der Waals surface area contributed by atoms with E-state index in [0.717, 1.165) is 6.42 Å². The van der Waals surface area contributed by atoms with Crippen LogP contribution >= 0.6 is 0 Å². The summed E-state index contributed by atoms with van der Waals surface area (Å²) in [5.41, 5.74) is -0.977. The molecule has 0 radical (unpaired) electrons. The number of hydrogen-bond donors (Lipinski definition) is 1. The number of alkyl halides is 1. The molecule has 0 bridgehead atoms. The van der Waals surface area contributed by atoms with Gasteiger partial charge < -0.3 is 5.11 Å². The molecule has 0 aliphatic heterocycles. The minimum absolute atomic E-state index is 0.107. The first-order chi connectivity index (χ1) is 20.9. The Morgan fingerprint density at radius 3 is 2.41 bits per heavy atom. The number of hydrogen-bond acceptors (Lipinski definition) is 7. The minimum Gasteiger partial charge on any atom is -0.493 e. The van der Waals surface area contributed by atoms with Crippen molar-refractivity contribution in [3.63, 3.8) is 0 Å². The molecule has 0 saturated heterocycles. The lowest BCUT2D eigenvalue weighted by Gasteiger charge is -2.32. The molecule has 1 aromatic carbocycles. The Morgan fingerprint density at radius 1 is 1.11 bits per heavy atom. The molecule has 0 saturated carbocycles. The fourth-order valence-corrected chi connectivity index (χ4v) is 7.05. The lowest BCUT2D eigenvalue weighted by Crippen LogP contribution is -2.33. The normalized spacial score (nSPS) is 18.9. The van der Waals surface area contributed by atoms with Crippen LogP contribution in [0.4, 0.5) is 8.78 Å². The summed E-state index contributed by atoms with van der Waals surface area (Å²) in [7, 11) is -4.57. The number of aromatic hydroxyl groups is 1. The summed E-state index contributed by atoms with van der Waals surface area (Å²) in [4.78, 5) is 20.1. The molecule has 2 aromatic heterocycles. The van der Waals surface area contributed by atoms with Crippen molar-refractivity contribution in [3.8, 4) is 23.1 Å².